The SMILES string of the molecule is COc1cccc(S(=O)CC(N)C(C)(C)C)c1. The van der Waals surface area contributed by atoms with Gasteiger partial charge in [-0.2, -0.15) is 0 Å². The molecule has 1 aromatic rings. The molecule has 0 aliphatic heterocycles. The van der Waals surface area contributed by atoms with Gasteiger partial charge in [-0.15, -0.1) is 0 Å². The minimum atomic E-state index is -1.08. The Morgan fingerprint density at radius 3 is 2.59 bits per heavy atom. The van der Waals surface area contributed by atoms with Crippen molar-refractivity contribution in [2.45, 2.75) is 31.7 Å². The molecule has 2 N–H and O–H groups in total. The minimum Gasteiger partial charge on any atom is -0.497 e. The summed E-state index contributed by atoms with van der Waals surface area (Å²) in [4.78, 5) is 0.768. The molecule has 0 saturated carbocycles. The van der Waals surface area contributed by atoms with E-state index in [1.165, 1.54) is 0 Å². The number of rotatable bonds is 4. The monoisotopic (exact) mass is 255 g/mol. The van der Waals surface area contributed by atoms with E-state index in [0.717, 1.165) is 10.6 Å². The molecule has 0 radical (unpaired) electrons. The largest absolute Gasteiger partial charge is 0.497 e. The van der Waals surface area contributed by atoms with Gasteiger partial charge >= 0.3 is 0 Å². The Hall–Kier alpha value is -0.870. The molecule has 1 aromatic carbocycles. The molecule has 0 spiro atoms. The Morgan fingerprint density at radius 2 is 2.06 bits per heavy atom. The van der Waals surface area contributed by atoms with Crippen LogP contribution in [0, 0.1) is 5.41 Å². The highest BCUT2D eigenvalue weighted by atomic mass is 32.2. The Balaban J connectivity index is 2.76. The van der Waals surface area contributed by atoms with E-state index in [1.807, 2.05) is 18.2 Å². The van der Waals surface area contributed by atoms with Gasteiger partial charge in [-0.1, -0.05) is 26.8 Å². The Kier molecular flexibility index (Phi) is 4.71. The first-order chi connectivity index (χ1) is 7.84. The maximum atomic E-state index is 12.1. The van der Waals surface area contributed by atoms with Crippen molar-refractivity contribution < 1.29 is 8.95 Å². The molecule has 0 amide bonds. The van der Waals surface area contributed by atoms with E-state index in [9.17, 15) is 4.21 Å². The topological polar surface area (TPSA) is 52.3 Å². The Morgan fingerprint density at radius 1 is 1.41 bits per heavy atom. The molecule has 1 rings (SSSR count). The Labute approximate surface area is 106 Å². The molecular weight excluding hydrogens is 234 g/mol. The second-order valence-electron chi connectivity index (χ2n) is 5.16. The fraction of sp³-hybridized carbons (Fsp3) is 0.538. The van der Waals surface area contributed by atoms with Crippen LogP contribution >= 0.6 is 0 Å². The molecule has 0 heterocycles. The van der Waals surface area contributed by atoms with Crippen LogP contribution in [-0.4, -0.2) is 23.1 Å². The number of hydrogen-bond acceptors (Lipinski definition) is 3. The molecule has 0 aliphatic carbocycles. The molecule has 96 valence electrons. The maximum Gasteiger partial charge on any atom is 0.120 e. The van der Waals surface area contributed by atoms with Gasteiger partial charge < -0.3 is 10.5 Å². The number of ether oxygens (including phenoxy) is 1. The van der Waals surface area contributed by atoms with Gasteiger partial charge in [0, 0.05) is 16.7 Å². The summed E-state index contributed by atoms with van der Waals surface area (Å²) in [6.45, 7) is 6.17. The van der Waals surface area contributed by atoms with Gasteiger partial charge in [0.05, 0.1) is 17.9 Å². The summed E-state index contributed by atoms with van der Waals surface area (Å²) in [5.74, 6) is 1.19. The second kappa shape index (κ2) is 5.65. The van der Waals surface area contributed by atoms with Crippen molar-refractivity contribution >= 4 is 10.8 Å². The van der Waals surface area contributed by atoms with Crippen molar-refractivity contribution in [2.75, 3.05) is 12.9 Å². The molecule has 0 bridgehead atoms. The first kappa shape index (κ1) is 14.2. The van der Waals surface area contributed by atoms with Crippen LogP contribution < -0.4 is 10.5 Å². The van der Waals surface area contributed by atoms with Crippen LogP contribution in [0.5, 0.6) is 5.75 Å². The summed E-state index contributed by atoms with van der Waals surface area (Å²) < 4.78 is 17.3. The van der Waals surface area contributed by atoms with Crippen LogP contribution in [0.25, 0.3) is 0 Å². The van der Waals surface area contributed by atoms with Gasteiger partial charge in [-0.25, -0.2) is 0 Å². The standard InChI is InChI=1S/C13H21NO2S/c1-13(2,3)12(14)9-17(15)11-7-5-6-10(8-11)16-4/h5-8,12H,9,14H2,1-4H3. The molecule has 4 heteroatoms. The average Bonchev–Trinajstić information content (AvgIpc) is 2.27. The highest BCUT2D eigenvalue weighted by Crippen LogP contribution is 2.21. The van der Waals surface area contributed by atoms with Crippen LogP contribution in [0.15, 0.2) is 29.2 Å². The maximum absolute atomic E-state index is 12.1. The third kappa shape index (κ3) is 4.13. The third-order valence-corrected chi connectivity index (χ3v) is 4.19. The van der Waals surface area contributed by atoms with Gasteiger partial charge in [0.25, 0.3) is 0 Å². The lowest BCUT2D eigenvalue weighted by Crippen LogP contribution is -2.39. The van der Waals surface area contributed by atoms with Crippen LogP contribution in [0.2, 0.25) is 0 Å². The van der Waals surface area contributed by atoms with E-state index in [0.29, 0.717) is 5.75 Å². The zero-order chi connectivity index (χ0) is 13.1. The van der Waals surface area contributed by atoms with E-state index in [2.05, 4.69) is 20.8 Å². The van der Waals surface area contributed by atoms with Crippen LogP contribution in [0.1, 0.15) is 20.8 Å². The quantitative estimate of drug-likeness (QED) is 0.897. The van der Waals surface area contributed by atoms with E-state index in [-0.39, 0.29) is 11.5 Å². The molecule has 3 nitrogen and oxygen atoms in total. The van der Waals surface area contributed by atoms with Crippen LogP contribution in [-0.2, 0) is 10.8 Å². The van der Waals surface area contributed by atoms with Gasteiger partial charge in [-0.05, 0) is 23.6 Å². The van der Waals surface area contributed by atoms with Gasteiger partial charge in [0.2, 0.25) is 0 Å². The van der Waals surface area contributed by atoms with Crippen molar-refractivity contribution in [3.63, 3.8) is 0 Å². The molecule has 2 unspecified atom stereocenters. The summed E-state index contributed by atoms with van der Waals surface area (Å²) in [5.41, 5.74) is 6.00. The predicted molar refractivity (Wildman–Crippen MR) is 71.7 cm³/mol. The highest BCUT2D eigenvalue weighted by molar-refractivity contribution is 7.85. The number of methoxy groups -OCH3 is 1. The van der Waals surface area contributed by atoms with E-state index in [1.54, 1.807) is 13.2 Å². The molecule has 0 saturated heterocycles. The predicted octanol–water partition coefficient (Wildman–Crippen LogP) is 2.18. The molecule has 0 aromatic heterocycles. The zero-order valence-electron chi connectivity index (χ0n) is 10.9. The summed E-state index contributed by atoms with van der Waals surface area (Å²) in [6.07, 6.45) is 0. The minimum absolute atomic E-state index is 0.0332. The molecule has 0 aliphatic rings. The van der Waals surface area contributed by atoms with Crippen molar-refractivity contribution in [1.82, 2.24) is 0 Å². The smallest absolute Gasteiger partial charge is 0.120 e. The Bertz CT molecular complexity index is 399. The van der Waals surface area contributed by atoms with E-state index < -0.39 is 10.8 Å². The number of hydrogen-bond donors (Lipinski definition) is 1. The highest BCUT2D eigenvalue weighted by Gasteiger charge is 2.23. The fourth-order valence-electron chi connectivity index (χ4n) is 1.25. The summed E-state index contributed by atoms with van der Waals surface area (Å²) >= 11 is 0. The van der Waals surface area contributed by atoms with Crippen LogP contribution in [0.3, 0.4) is 0 Å². The number of nitrogens with two attached hydrogens (primary N) is 1. The van der Waals surface area contributed by atoms with Crippen molar-refractivity contribution in [1.29, 1.82) is 0 Å². The summed E-state index contributed by atoms with van der Waals surface area (Å²) in [7, 11) is 0.523. The van der Waals surface area contributed by atoms with Gasteiger partial charge in [0.1, 0.15) is 5.75 Å². The van der Waals surface area contributed by atoms with E-state index in [4.69, 9.17) is 10.5 Å². The lowest BCUT2D eigenvalue weighted by molar-refractivity contribution is 0.342. The molecular formula is C13H21NO2S. The third-order valence-electron chi connectivity index (χ3n) is 2.75. The molecule has 2 atom stereocenters. The second-order valence-corrected chi connectivity index (χ2v) is 6.66. The average molecular weight is 255 g/mol. The normalized spacial score (nSPS) is 15.4. The molecule has 0 fully saturated rings. The number of benzene rings is 1. The first-order valence-electron chi connectivity index (χ1n) is 5.62. The lowest BCUT2D eigenvalue weighted by atomic mass is 9.89. The van der Waals surface area contributed by atoms with Crippen LogP contribution in [0.4, 0.5) is 0 Å². The zero-order valence-corrected chi connectivity index (χ0v) is 11.7. The van der Waals surface area contributed by atoms with Gasteiger partial charge in [-0.3, -0.25) is 4.21 Å². The van der Waals surface area contributed by atoms with Crippen molar-refractivity contribution in [2.24, 2.45) is 11.1 Å². The summed E-state index contributed by atoms with van der Waals surface area (Å²) in [5, 5.41) is 0. The lowest BCUT2D eigenvalue weighted by Gasteiger charge is -2.26. The van der Waals surface area contributed by atoms with E-state index >= 15 is 0 Å². The first-order valence-corrected chi connectivity index (χ1v) is 6.94. The summed E-state index contributed by atoms with van der Waals surface area (Å²) in [6, 6.07) is 7.23. The van der Waals surface area contributed by atoms with Gasteiger partial charge in [0.15, 0.2) is 0 Å². The van der Waals surface area contributed by atoms with Crippen molar-refractivity contribution in [3.8, 4) is 5.75 Å². The fourth-order valence-corrected chi connectivity index (χ4v) is 2.75. The van der Waals surface area contributed by atoms with Crippen molar-refractivity contribution in [3.05, 3.63) is 24.3 Å². The molecule has 17 heavy (non-hydrogen) atoms.